The van der Waals surface area contributed by atoms with Crippen molar-refractivity contribution in [3.05, 3.63) is 30.6 Å². The molecule has 0 saturated carbocycles. The van der Waals surface area contributed by atoms with E-state index in [2.05, 4.69) is 17.9 Å². The van der Waals surface area contributed by atoms with Gasteiger partial charge in [-0.25, -0.2) is 4.79 Å². The van der Waals surface area contributed by atoms with E-state index < -0.39 is 5.97 Å². The molecule has 0 aromatic rings. The smallest absolute Gasteiger partial charge is 0.330 e. The van der Waals surface area contributed by atoms with Crippen LogP contribution in [0.1, 0.15) is 0 Å². The van der Waals surface area contributed by atoms with Gasteiger partial charge in [-0.3, -0.25) is 0 Å². The van der Waals surface area contributed by atoms with Crippen molar-refractivity contribution in [3.63, 3.8) is 0 Å². The molecule has 0 unspecified atom stereocenters. The van der Waals surface area contributed by atoms with Crippen molar-refractivity contribution < 1.29 is 9.53 Å². The summed E-state index contributed by atoms with van der Waals surface area (Å²) in [6.45, 7) is 6.58. The fourth-order valence-corrected chi connectivity index (χ4v) is 0.386. The largest absolute Gasteiger partial charge is 0.759 e. The maximum absolute atomic E-state index is 10.5. The Morgan fingerprint density at radius 1 is 1.64 bits per heavy atom. The highest BCUT2D eigenvalue weighted by Crippen LogP contribution is 1.85. The molecule has 0 aromatic heterocycles. The van der Waals surface area contributed by atoms with Crippen molar-refractivity contribution >= 4 is 5.97 Å². The van der Waals surface area contributed by atoms with Gasteiger partial charge >= 0.3 is 5.97 Å². The second kappa shape index (κ2) is 5.49. The Kier molecular flexibility index (Phi) is 4.85. The number of nitrogens with zero attached hydrogens (tertiary/aromatic N) is 1. The molecule has 0 saturated heterocycles. The van der Waals surface area contributed by atoms with Gasteiger partial charge in [0.2, 0.25) is 0 Å². The first-order valence-electron chi connectivity index (χ1n) is 3.06. The molecule has 0 amide bonds. The Labute approximate surface area is 65.3 Å². The first kappa shape index (κ1) is 9.71. The minimum atomic E-state index is -0.525. The minimum Gasteiger partial charge on any atom is -0.759 e. The zero-order valence-electron chi connectivity index (χ0n) is 6.16. The van der Waals surface area contributed by atoms with Gasteiger partial charge in [0.25, 0.3) is 0 Å². The van der Waals surface area contributed by atoms with Crippen molar-refractivity contribution in [3.8, 4) is 0 Å². The molecule has 11 heavy (non-hydrogen) atoms. The third-order valence-corrected chi connectivity index (χ3v) is 0.926. The summed E-state index contributed by atoms with van der Waals surface area (Å²) >= 11 is 0. The first-order chi connectivity index (χ1) is 5.20. The molecule has 0 spiro atoms. The van der Waals surface area contributed by atoms with E-state index >= 15 is 0 Å². The van der Waals surface area contributed by atoms with Crippen LogP contribution in [0.15, 0.2) is 25.4 Å². The highest BCUT2D eigenvalue weighted by molar-refractivity contribution is 5.81. The Morgan fingerprint density at radius 2 is 2.27 bits per heavy atom. The lowest BCUT2D eigenvalue weighted by Crippen LogP contribution is -2.16. The van der Waals surface area contributed by atoms with Crippen molar-refractivity contribution in [2.45, 2.75) is 0 Å². The summed E-state index contributed by atoms with van der Waals surface area (Å²) in [6.07, 6.45) is 2.16. The van der Waals surface area contributed by atoms with E-state index in [0.29, 0.717) is 5.06 Å². The Balaban J connectivity index is 3.33. The molecule has 0 heterocycles. The van der Waals surface area contributed by atoms with Gasteiger partial charge in [0, 0.05) is 12.6 Å². The van der Waals surface area contributed by atoms with Crippen molar-refractivity contribution in [2.75, 3.05) is 13.2 Å². The highest BCUT2D eigenvalue weighted by Gasteiger charge is 1.92. The molecule has 0 fully saturated rings. The molecule has 0 aromatic carbocycles. The Hall–Kier alpha value is -1.29. The first-order valence-corrected chi connectivity index (χ1v) is 3.06. The summed E-state index contributed by atoms with van der Waals surface area (Å²) in [5.74, 6) is -0.525. The lowest BCUT2D eigenvalue weighted by atomic mass is 10.6. The molecular formula is C7H10NO3-. The number of hydroxylamine groups is 2. The molecule has 0 aliphatic rings. The minimum absolute atomic E-state index is 0.0559. The normalized spacial score (nSPS) is 8.45. The summed E-state index contributed by atoms with van der Waals surface area (Å²) in [6, 6.07) is 0. The molecule has 0 aliphatic heterocycles. The summed E-state index contributed by atoms with van der Waals surface area (Å²) in [4.78, 5) is 10.4. The van der Waals surface area contributed by atoms with Gasteiger partial charge in [-0.2, -0.15) is 0 Å². The van der Waals surface area contributed by atoms with Gasteiger partial charge < -0.3 is 15.0 Å². The topological polar surface area (TPSA) is 52.6 Å². The molecule has 62 valence electrons. The lowest BCUT2D eigenvalue weighted by molar-refractivity contribution is -0.137. The molecule has 4 heteroatoms. The zero-order chi connectivity index (χ0) is 8.69. The second-order valence-electron chi connectivity index (χ2n) is 1.69. The van der Waals surface area contributed by atoms with Crippen LogP contribution in [0.4, 0.5) is 0 Å². The number of carbonyl (C=O) groups excluding carboxylic acids is 1. The lowest BCUT2D eigenvalue weighted by Gasteiger charge is -2.24. The molecule has 0 radical (unpaired) electrons. The van der Waals surface area contributed by atoms with Crippen LogP contribution >= 0.6 is 0 Å². The van der Waals surface area contributed by atoms with Crippen LogP contribution < -0.4 is 0 Å². The van der Waals surface area contributed by atoms with Crippen LogP contribution in [0.5, 0.6) is 0 Å². The van der Waals surface area contributed by atoms with E-state index in [-0.39, 0.29) is 13.2 Å². The third kappa shape index (κ3) is 5.17. The molecule has 0 rings (SSSR count). The zero-order valence-corrected chi connectivity index (χ0v) is 6.16. The third-order valence-electron chi connectivity index (χ3n) is 0.926. The predicted octanol–water partition coefficient (Wildman–Crippen LogP) is 0.659. The van der Waals surface area contributed by atoms with E-state index in [9.17, 15) is 10.0 Å². The Bertz CT molecular complexity index is 156. The van der Waals surface area contributed by atoms with Gasteiger partial charge in [-0.1, -0.05) is 13.2 Å². The fourth-order valence-electron chi connectivity index (χ4n) is 0.386. The maximum atomic E-state index is 10.5. The number of hydrogen-bond donors (Lipinski definition) is 0. The van der Waals surface area contributed by atoms with Crippen molar-refractivity contribution in [1.82, 2.24) is 5.06 Å². The summed E-state index contributed by atoms with van der Waals surface area (Å²) in [5.41, 5.74) is 0. The number of ether oxygens (including phenoxy) is 1. The SMILES string of the molecule is C=CC(=O)OCCN([O-])C=C. The molecule has 0 bridgehead atoms. The van der Waals surface area contributed by atoms with E-state index in [1.807, 2.05) is 0 Å². The van der Waals surface area contributed by atoms with Gasteiger partial charge in [-0.15, -0.1) is 0 Å². The van der Waals surface area contributed by atoms with Crippen LogP contribution in [0.2, 0.25) is 0 Å². The fraction of sp³-hybridized carbons (Fsp3) is 0.286. The summed E-state index contributed by atoms with van der Waals surface area (Å²) < 4.78 is 4.52. The summed E-state index contributed by atoms with van der Waals surface area (Å²) in [7, 11) is 0. The van der Waals surface area contributed by atoms with Gasteiger partial charge in [0.05, 0.1) is 0 Å². The number of rotatable bonds is 5. The van der Waals surface area contributed by atoms with Crippen molar-refractivity contribution in [2.24, 2.45) is 0 Å². The summed E-state index contributed by atoms with van der Waals surface area (Å²) in [5, 5.41) is 11.0. The van der Waals surface area contributed by atoms with E-state index in [4.69, 9.17) is 0 Å². The van der Waals surface area contributed by atoms with Gasteiger partial charge in [-0.05, 0) is 6.20 Å². The standard InChI is InChI=1S/C7H10NO3/c1-3-7(9)11-6-5-8(10)4-2/h3-4H,1-2,5-6H2/q-1. The quantitative estimate of drug-likeness (QED) is 0.333. The van der Waals surface area contributed by atoms with Gasteiger partial charge in [0.1, 0.15) is 6.61 Å². The van der Waals surface area contributed by atoms with Crippen LogP contribution in [0, 0.1) is 5.21 Å². The molecular weight excluding hydrogens is 146 g/mol. The molecule has 4 nitrogen and oxygen atoms in total. The van der Waals surface area contributed by atoms with Crippen LogP contribution in [0.3, 0.4) is 0 Å². The Morgan fingerprint density at radius 3 is 2.73 bits per heavy atom. The molecule has 0 atom stereocenters. The number of carbonyl (C=O) groups is 1. The van der Waals surface area contributed by atoms with E-state index in [1.165, 1.54) is 0 Å². The second-order valence-corrected chi connectivity index (χ2v) is 1.69. The van der Waals surface area contributed by atoms with Crippen LogP contribution in [-0.4, -0.2) is 24.2 Å². The maximum Gasteiger partial charge on any atom is 0.330 e. The van der Waals surface area contributed by atoms with E-state index in [1.54, 1.807) is 0 Å². The average molecular weight is 156 g/mol. The van der Waals surface area contributed by atoms with Crippen molar-refractivity contribution in [1.29, 1.82) is 0 Å². The average Bonchev–Trinajstić information content (AvgIpc) is 2.04. The number of esters is 1. The monoisotopic (exact) mass is 156 g/mol. The predicted molar refractivity (Wildman–Crippen MR) is 41.4 cm³/mol. The number of hydrogen-bond acceptors (Lipinski definition) is 4. The highest BCUT2D eigenvalue weighted by atomic mass is 16.5. The van der Waals surface area contributed by atoms with E-state index in [0.717, 1.165) is 12.3 Å². The molecule has 0 aliphatic carbocycles. The van der Waals surface area contributed by atoms with Crippen LogP contribution in [-0.2, 0) is 9.53 Å². The van der Waals surface area contributed by atoms with Crippen LogP contribution in [0.25, 0.3) is 0 Å². The van der Waals surface area contributed by atoms with Gasteiger partial charge in [0.15, 0.2) is 0 Å². The molecule has 0 N–H and O–H groups in total.